The number of rotatable bonds is 2. The van der Waals surface area contributed by atoms with Crippen LogP contribution in [0.25, 0.3) is 0 Å². The van der Waals surface area contributed by atoms with Gasteiger partial charge in [-0.3, -0.25) is 0 Å². The molecule has 0 spiro atoms. The second kappa shape index (κ2) is 4.82. The largest absolute Gasteiger partial charge is 0.246 e. The second-order valence-corrected chi connectivity index (χ2v) is 8.33. The summed E-state index contributed by atoms with van der Waals surface area (Å²) in [7, 11) is -3.71. The monoisotopic (exact) mass is 347 g/mol. The van der Waals surface area contributed by atoms with Crippen LogP contribution in [0, 0.1) is 5.82 Å². The molecule has 6 heteroatoms. The first-order valence-electron chi connectivity index (χ1n) is 6.42. The van der Waals surface area contributed by atoms with Gasteiger partial charge in [-0.25, -0.2) is 12.8 Å². The van der Waals surface area contributed by atoms with Crippen molar-refractivity contribution in [2.75, 3.05) is 0 Å². The third-order valence-electron chi connectivity index (χ3n) is 4.00. The lowest BCUT2D eigenvalue weighted by molar-refractivity contribution is 0.254. The number of hydrogen-bond donors (Lipinski definition) is 0. The van der Waals surface area contributed by atoms with E-state index in [0.717, 1.165) is 25.7 Å². The SMILES string of the molecule is O=S(=O)(c1ccccc1F)N1C2CCC1CC(Br)C2. The summed E-state index contributed by atoms with van der Waals surface area (Å²) >= 11 is 3.58. The van der Waals surface area contributed by atoms with Gasteiger partial charge in [-0.2, -0.15) is 4.31 Å². The minimum absolute atomic E-state index is 0.00716. The highest BCUT2D eigenvalue weighted by molar-refractivity contribution is 9.09. The molecule has 104 valence electrons. The average Bonchev–Trinajstić information content (AvgIpc) is 2.63. The van der Waals surface area contributed by atoms with Gasteiger partial charge in [0.15, 0.2) is 0 Å². The van der Waals surface area contributed by atoms with E-state index in [0.29, 0.717) is 4.83 Å². The van der Waals surface area contributed by atoms with Gasteiger partial charge >= 0.3 is 0 Å². The molecule has 0 aromatic heterocycles. The molecule has 2 aliphatic heterocycles. The zero-order valence-electron chi connectivity index (χ0n) is 10.3. The summed E-state index contributed by atoms with van der Waals surface area (Å²) in [5.74, 6) is -0.664. The van der Waals surface area contributed by atoms with Gasteiger partial charge in [-0.15, -0.1) is 0 Å². The van der Waals surface area contributed by atoms with Gasteiger partial charge in [0.2, 0.25) is 10.0 Å². The molecule has 2 fully saturated rings. The Morgan fingerprint density at radius 1 is 1.16 bits per heavy atom. The molecule has 2 aliphatic rings. The number of nitrogens with zero attached hydrogens (tertiary/aromatic N) is 1. The molecule has 3 rings (SSSR count). The lowest BCUT2D eigenvalue weighted by atomic mass is 10.1. The van der Waals surface area contributed by atoms with E-state index in [1.165, 1.54) is 18.2 Å². The van der Waals surface area contributed by atoms with Gasteiger partial charge in [-0.1, -0.05) is 28.1 Å². The number of fused-ring (bicyclic) bond motifs is 2. The van der Waals surface area contributed by atoms with Crippen molar-refractivity contribution in [2.45, 2.75) is 47.5 Å². The van der Waals surface area contributed by atoms with Gasteiger partial charge in [-0.05, 0) is 37.8 Å². The quantitative estimate of drug-likeness (QED) is 0.771. The lowest BCUT2D eigenvalue weighted by Gasteiger charge is -2.36. The highest BCUT2D eigenvalue weighted by Gasteiger charge is 2.47. The molecule has 2 saturated heterocycles. The third-order valence-corrected chi connectivity index (χ3v) is 6.79. The molecular weight excluding hydrogens is 333 g/mol. The minimum atomic E-state index is -3.71. The van der Waals surface area contributed by atoms with Gasteiger partial charge < -0.3 is 0 Å². The zero-order valence-corrected chi connectivity index (χ0v) is 12.7. The van der Waals surface area contributed by atoms with Crippen molar-refractivity contribution < 1.29 is 12.8 Å². The summed E-state index contributed by atoms with van der Waals surface area (Å²) in [5.41, 5.74) is 0. The Bertz CT molecular complexity index is 578. The van der Waals surface area contributed by atoms with Crippen LogP contribution in [-0.2, 0) is 10.0 Å². The maximum absolute atomic E-state index is 13.8. The lowest BCUT2D eigenvalue weighted by Crippen LogP contribution is -2.46. The smallest absolute Gasteiger partial charge is 0.207 e. The Hall–Kier alpha value is -0.460. The van der Waals surface area contributed by atoms with Crippen molar-refractivity contribution in [3.05, 3.63) is 30.1 Å². The highest BCUT2D eigenvalue weighted by Crippen LogP contribution is 2.42. The molecule has 0 N–H and O–H groups in total. The molecule has 2 bridgehead atoms. The van der Waals surface area contributed by atoms with Gasteiger partial charge in [0.05, 0.1) is 0 Å². The Morgan fingerprint density at radius 2 is 1.74 bits per heavy atom. The number of piperidine rings is 1. The third kappa shape index (κ3) is 2.23. The fourth-order valence-corrected chi connectivity index (χ4v) is 6.05. The first-order chi connectivity index (χ1) is 9.00. The number of halogens is 2. The topological polar surface area (TPSA) is 37.4 Å². The summed E-state index contributed by atoms with van der Waals surface area (Å²) < 4.78 is 40.6. The van der Waals surface area contributed by atoms with Crippen LogP contribution < -0.4 is 0 Å². The molecule has 2 atom stereocenters. The molecule has 1 aromatic carbocycles. The van der Waals surface area contributed by atoms with Crippen molar-refractivity contribution >= 4 is 26.0 Å². The average molecular weight is 348 g/mol. The Kier molecular flexibility index (Phi) is 3.43. The first-order valence-corrected chi connectivity index (χ1v) is 8.78. The number of sulfonamides is 1. The Labute approximate surface area is 121 Å². The van der Waals surface area contributed by atoms with Crippen LogP contribution in [0.15, 0.2) is 29.2 Å². The maximum atomic E-state index is 13.8. The Morgan fingerprint density at radius 3 is 2.32 bits per heavy atom. The predicted molar refractivity (Wildman–Crippen MR) is 74.2 cm³/mol. The van der Waals surface area contributed by atoms with E-state index in [1.54, 1.807) is 10.4 Å². The van der Waals surface area contributed by atoms with Crippen molar-refractivity contribution in [3.8, 4) is 0 Å². The van der Waals surface area contributed by atoms with Crippen LogP contribution in [0.3, 0.4) is 0 Å². The van der Waals surface area contributed by atoms with Crippen molar-refractivity contribution in [1.29, 1.82) is 0 Å². The van der Waals surface area contributed by atoms with E-state index < -0.39 is 15.8 Å². The normalized spacial score (nSPS) is 31.6. The maximum Gasteiger partial charge on any atom is 0.246 e. The molecule has 19 heavy (non-hydrogen) atoms. The van der Waals surface area contributed by atoms with Crippen LogP contribution in [0.5, 0.6) is 0 Å². The van der Waals surface area contributed by atoms with Crippen LogP contribution in [-0.4, -0.2) is 29.6 Å². The fourth-order valence-electron chi connectivity index (χ4n) is 3.23. The molecule has 0 amide bonds. The van der Waals surface area contributed by atoms with Crippen LogP contribution >= 0.6 is 15.9 Å². The van der Waals surface area contributed by atoms with Crippen LogP contribution in [0.4, 0.5) is 4.39 Å². The molecular formula is C13H15BrFNO2S. The number of alkyl halides is 1. The standard InChI is InChI=1S/C13H15BrFNO2S/c14-9-7-10-5-6-11(8-9)16(10)19(17,18)13-4-2-1-3-12(13)15/h1-4,9-11H,5-8H2. The summed E-state index contributed by atoms with van der Waals surface area (Å²) in [4.78, 5) is 0.178. The molecule has 0 radical (unpaired) electrons. The molecule has 1 aromatic rings. The molecule has 2 heterocycles. The van der Waals surface area contributed by atoms with Gasteiger partial charge in [0.1, 0.15) is 10.7 Å². The summed E-state index contributed by atoms with van der Waals surface area (Å²) in [5, 5.41) is 0. The Balaban J connectivity index is 2.01. The summed E-state index contributed by atoms with van der Waals surface area (Å²) in [6.07, 6.45) is 3.37. The second-order valence-electron chi connectivity index (χ2n) is 5.22. The van der Waals surface area contributed by atoms with Crippen molar-refractivity contribution in [3.63, 3.8) is 0 Å². The van der Waals surface area contributed by atoms with Crippen molar-refractivity contribution in [2.24, 2.45) is 0 Å². The minimum Gasteiger partial charge on any atom is -0.207 e. The fraction of sp³-hybridized carbons (Fsp3) is 0.538. The van der Waals surface area contributed by atoms with E-state index in [4.69, 9.17) is 0 Å². The van der Waals surface area contributed by atoms with E-state index in [9.17, 15) is 12.8 Å². The predicted octanol–water partition coefficient (Wildman–Crippen LogP) is 2.90. The van der Waals surface area contributed by atoms with Crippen LogP contribution in [0.2, 0.25) is 0 Å². The van der Waals surface area contributed by atoms with Gasteiger partial charge in [0, 0.05) is 16.9 Å². The van der Waals surface area contributed by atoms with E-state index in [2.05, 4.69) is 15.9 Å². The van der Waals surface area contributed by atoms with Crippen LogP contribution in [0.1, 0.15) is 25.7 Å². The molecule has 3 nitrogen and oxygen atoms in total. The van der Waals surface area contributed by atoms with E-state index in [-0.39, 0.29) is 17.0 Å². The summed E-state index contributed by atoms with van der Waals surface area (Å²) in [6.45, 7) is 0. The van der Waals surface area contributed by atoms with Crippen molar-refractivity contribution in [1.82, 2.24) is 4.31 Å². The van der Waals surface area contributed by atoms with Gasteiger partial charge in [0.25, 0.3) is 0 Å². The summed E-state index contributed by atoms with van der Waals surface area (Å²) in [6, 6.07) is 5.64. The molecule has 0 saturated carbocycles. The molecule has 0 aliphatic carbocycles. The molecule has 2 unspecified atom stereocenters. The number of benzene rings is 1. The first kappa shape index (κ1) is 13.5. The number of hydrogen-bond acceptors (Lipinski definition) is 2. The van der Waals surface area contributed by atoms with E-state index in [1.807, 2.05) is 0 Å². The van der Waals surface area contributed by atoms with E-state index >= 15 is 0 Å². The zero-order chi connectivity index (χ0) is 13.6. The highest BCUT2D eigenvalue weighted by atomic mass is 79.9.